The Morgan fingerprint density at radius 1 is 0.980 bits per heavy atom. The van der Waals surface area contributed by atoms with Crippen molar-refractivity contribution in [3.05, 3.63) is 130 Å². The molecule has 3 aromatic carbocycles. The average molecular weight is 713 g/mol. The van der Waals surface area contributed by atoms with Gasteiger partial charge in [-0.25, -0.2) is 14.6 Å². The maximum absolute atomic E-state index is 14.4. The molecule has 4 aromatic rings. The molecule has 13 nitrogen and oxygen atoms in total. The summed E-state index contributed by atoms with van der Waals surface area (Å²) in [6, 6.07) is 26.1. The van der Waals surface area contributed by atoms with Crippen LogP contribution in [0.25, 0.3) is 0 Å². The number of nitrogens with two attached hydrogens (primary N) is 1. The number of ether oxygens (including phenoxy) is 1. The highest BCUT2D eigenvalue weighted by atomic mass is 32.2. The number of hydrogen-bond acceptors (Lipinski definition) is 11. The zero-order chi connectivity index (χ0) is 35.6. The first-order valence-electron chi connectivity index (χ1n) is 15.3. The van der Waals surface area contributed by atoms with Crippen molar-refractivity contribution in [2.24, 2.45) is 5.16 Å². The number of oxime groups is 1. The van der Waals surface area contributed by atoms with Gasteiger partial charge in [-0.2, -0.15) is 0 Å². The number of β-lactam (4-membered cyclic amide) rings is 1. The summed E-state index contributed by atoms with van der Waals surface area (Å²) in [5, 5.41) is 27.6. The lowest BCUT2D eigenvalue weighted by atomic mass is 9.66. The number of aromatic nitrogens is 1. The van der Waals surface area contributed by atoms with Gasteiger partial charge in [-0.05, 0) is 16.7 Å². The number of aliphatic carboxylic acids is 1. The second-order valence-corrected chi connectivity index (χ2v) is 13.7. The summed E-state index contributed by atoms with van der Waals surface area (Å²) in [6.45, 7) is -0.434. The van der Waals surface area contributed by atoms with Crippen molar-refractivity contribution >= 4 is 57.8 Å². The molecule has 3 heterocycles. The zero-order valence-corrected chi connectivity index (χ0v) is 28.4. The Morgan fingerprint density at radius 2 is 1.52 bits per heavy atom. The van der Waals surface area contributed by atoms with Gasteiger partial charge in [0.2, 0.25) is 0 Å². The van der Waals surface area contributed by atoms with Gasteiger partial charge in [-0.3, -0.25) is 14.5 Å². The van der Waals surface area contributed by atoms with Crippen molar-refractivity contribution in [2.75, 3.05) is 26.4 Å². The van der Waals surface area contributed by atoms with Crippen molar-refractivity contribution in [2.45, 2.75) is 22.1 Å². The second kappa shape index (κ2) is 14.1. The molecule has 3 amide bonds. The van der Waals surface area contributed by atoms with E-state index >= 15 is 0 Å². The molecule has 15 heteroatoms. The van der Waals surface area contributed by atoms with Crippen LogP contribution in [0.5, 0.6) is 0 Å². The van der Waals surface area contributed by atoms with Crippen LogP contribution in [0.2, 0.25) is 0 Å². The van der Waals surface area contributed by atoms with E-state index in [9.17, 15) is 29.5 Å². The van der Waals surface area contributed by atoms with Crippen LogP contribution in [0.1, 0.15) is 27.6 Å². The molecule has 0 aliphatic carbocycles. The molecular weight excluding hydrogens is 681 g/mol. The lowest BCUT2D eigenvalue weighted by molar-refractivity contribution is -0.150. The standard InChI is InChI=1S/C35H32N6O7S2/c1-40(2)34(46)48-18-23-26(32(44)45)41-30(43)25(31(41)50-27(23)24-19-49-33(36)37-24)38-29(42)28(39-47)35(20-12-6-3-7-13-20,21-14-8-4-9-15-21)22-16-10-5-11-17-22/h3-17,19,25,27,31,47H,18H2,1-2H3,(H2,36,37)(H,38,42)(H,44,45)/b39-28+/t25?,27?,31-/m0/s1. The summed E-state index contributed by atoms with van der Waals surface area (Å²) >= 11 is 2.31. The predicted octanol–water partition coefficient (Wildman–Crippen LogP) is 4.07. The molecule has 3 atom stereocenters. The number of nitrogens with one attached hydrogen (secondary N) is 1. The highest BCUT2D eigenvalue weighted by molar-refractivity contribution is 8.00. The summed E-state index contributed by atoms with van der Waals surface area (Å²) in [4.78, 5) is 59.9. The quantitative estimate of drug-likeness (QED) is 0.0614. The number of anilines is 1. The molecule has 0 radical (unpaired) electrons. The van der Waals surface area contributed by atoms with Crippen LogP contribution in [0.15, 0.2) is 113 Å². The number of nitrogen functional groups attached to an aromatic ring is 1. The molecule has 6 rings (SSSR count). The second-order valence-electron chi connectivity index (χ2n) is 11.6. The topological polar surface area (TPSA) is 188 Å². The van der Waals surface area contributed by atoms with Gasteiger partial charge in [0.25, 0.3) is 11.8 Å². The van der Waals surface area contributed by atoms with Crippen LogP contribution in [0.3, 0.4) is 0 Å². The Balaban J connectivity index is 1.40. The van der Waals surface area contributed by atoms with E-state index < -0.39 is 52.6 Å². The van der Waals surface area contributed by atoms with Gasteiger partial charge in [0, 0.05) is 25.0 Å². The van der Waals surface area contributed by atoms with Crippen LogP contribution >= 0.6 is 23.1 Å². The van der Waals surface area contributed by atoms with Crippen LogP contribution in [-0.2, 0) is 24.5 Å². The largest absolute Gasteiger partial charge is 0.477 e. The molecule has 1 saturated heterocycles. The number of thioether (sulfide) groups is 1. The average Bonchev–Trinajstić information content (AvgIpc) is 3.57. The Labute approximate surface area is 295 Å². The molecule has 256 valence electrons. The van der Waals surface area contributed by atoms with Crippen molar-refractivity contribution in [3.63, 3.8) is 0 Å². The smallest absolute Gasteiger partial charge is 0.409 e. The minimum absolute atomic E-state index is 0.131. The maximum Gasteiger partial charge on any atom is 0.409 e. The first-order chi connectivity index (χ1) is 24.1. The van der Waals surface area contributed by atoms with Gasteiger partial charge in [-0.1, -0.05) is 96.2 Å². The monoisotopic (exact) mass is 712 g/mol. The molecule has 1 aromatic heterocycles. The number of carbonyl (C=O) groups excluding carboxylic acids is 3. The number of carbonyl (C=O) groups is 4. The lowest BCUT2D eigenvalue weighted by Crippen LogP contribution is -2.71. The Hall–Kier alpha value is -5.67. The van der Waals surface area contributed by atoms with Gasteiger partial charge >= 0.3 is 12.1 Å². The first kappa shape index (κ1) is 34.2. The molecule has 2 aliphatic rings. The van der Waals surface area contributed by atoms with Gasteiger partial charge in [0.05, 0.1) is 16.4 Å². The maximum atomic E-state index is 14.4. The number of amides is 3. The number of rotatable bonds is 10. The van der Waals surface area contributed by atoms with Crippen molar-refractivity contribution in [1.82, 2.24) is 20.1 Å². The molecule has 0 saturated carbocycles. The van der Waals surface area contributed by atoms with E-state index in [1.165, 1.54) is 19.0 Å². The number of benzene rings is 3. The van der Waals surface area contributed by atoms with Gasteiger partial charge < -0.3 is 31.0 Å². The first-order valence-corrected chi connectivity index (χ1v) is 17.1. The zero-order valence-electron chi connectivity index (χ0n) is 26.8. The summed E-state index contributed by atoms with van der Waals surface area (Å²) < 4.78 is 5.37. The van der Waals surface area contributed by atoms with Crippen molar-refractivity contribution < 1.29 is 34.2 Å². The van der Waals surface area contributed by atoms with Crippen molar-refractivity contribution in [3.8, 4) is 0 Å². The molecule has 5 N–H and O–H groups in total. The Morgan fingerprint density at radius 3 is 1.96 bits per heavy atom. The number of thiazole rings is 1. The van der Waals surface area contributed by atoms with E-state index in [4.69, 9.17) is 10.5 Å². The highest BCUT2D eigenvalue weighted by Gasteiger charge is 2.58. The molecule has 0 spiro atoms. The third-order valence-electron chi connectivity index (χ3n) is 8.48. The van der Waals surface area contributed by atoms with E-state index in [-0.39, 0.29) is 22.1 Å². The lowest BCUT2D eigenvalue weighted by Gasteiger charge is -2.51. The van der Waals surface area contributed by atoms with E-state index in [2.05, 4.69) is 15.5 Å². The summed E-state index contributed by atoms with van der Waals surface area (Å²) in [7, 11) is 2.97. The Kier molecular flexibility index (Phi) is 9.61. The predicted molar refractivity (Wildman–Crippen MR) is 188 cm³/mol. The van der Waals surface area contributed by atoms with Crippen LogP contribution in [0, 0.1) is 0 Å². The number of carboxylic acids is 1. The minimum Gasteiger partial charge on any atom is -0.477 e. The molecular formula is C35H32N6O7S2. The fraction of sp³-hybridized carbons (Fsp3) is 0.200. The number of fused-ring (bicyclic) bond motifs is 1. The number of nitrogens with zero attached hydrogens (tertiary/aromatic N) is 4. The summed E-state index contributed by atoms with van der Waals surface area (Å²) in [5.74, 6) is -2.97. The van der Waals surface area contributed by atoms with E-state index in [0.717, 1.165) is 28.0 Å². The van der Waals surface area contributed by atoms with E-state index in [0.29, 0.717) is 22.4 Å². The molecule has 1 fully saturated rings. The minimum atomic E-state index is -1.43. The van der Waals surface area contributed by atoms with Gasteiger partial charge in [-0.15, -0.1) is 23.1 Å². The van der Waals surface area contributed by atoms with E-state index in [1.54, 1.807) is 5.38 Å². The third-order valence-corrected chi connectivity index (χ3v) is 10.7. The third kappa shape index (κ3) is 5.94. The number of carboxylic acid groups (broad SMARTS) is 1. The molecule has 2 aliphatic heterocycles. The van der Waals surface area contributed by atoms with Gasteiger partial charge in [0.1, 0.15) is 23.7 Å². The molecule has 2 unspecified atom stereocenters. The summed E-state index contributed by atoms with van der Waals surface area (Å²) in [5.41, 5.74) is 6.24. The fourth-order valence-corrected chi connectivity index (χ4v) is 8.50. The SMILES string of the molecule is CN(C)C(=O)OCC1=C(C(=O)O)N2C(=O)C(NC(=O)/C(=N\O)C(c3ccccc3)(c3ccccc3)c3ccccc3)[C@@H]2SC1c1csc(N)n1. The van der Waals surface area contributed by atoms with Gasteiger partial charge in [0.15, 0.2) is 10.8 Å². The highest BCUT2D eigenvalue weighted by Crippen LogP contribution is 2.52. The van der Waals surface area contributed by atoms with Crippen LogP contribution < -0.4 is 11.1 Å². The fourth-order valence-electron chi connectivity index (χ4n) is 6.27. The molecule has 0 bridgehead atoms. The van der Waals surface area contributed by atoms with Crippen LogP contribution in [-0.4, -0.2) is 86.8 Å². The Bertz CT molecular complexity index is 1890. The normalized spacial score (nSPS) is 18.9. The van der Waals surface area contributed by atoms with Crippen LogP contribution in [0.4, 0.5) is 9.93 Å². The van der Waals surface area contributed by atoms with E-state index in [1.807, 2.05) is 91.0 Å². The molecule has 50 heavy (non-hydrogen) atoms. The number of hydrogen-bond donors (Lipinski definition) is 4. The summed E-state index contributed by atoms with van der Waals surface area (Å²) in [6.07, 6.45) is -0.708. The van der Waals surface area contributed by atoms with Crippen molar-refractivity contribution in [1.29, 1.82) is 0 Å².